The first-order valence-corrected chi connectivity index (χ1v) is 11.1. The lowest BCUT2D eigenvalue weighted by Gasteiger charge is -2.35. The molecule has 6 nitrogen and oxygen atoms in total. The van der Waals surface area contributed by atoms with E-state index in [1.54, 1.807) is 19.9 Å². The van der Waals surface area contributed by atoms with E-state index in [4.69, 9.17) is 4.74 Å². The van der Waals surface area contributed by atoms with Crippen LogP contribution in [-0.4, -0.2) is 70.9 Å². The fourth-order valence-electron chi connectivity index (χ4n) is 4.52. The van der Waals surface area contributed by atoms with Crippen molar-refractivity contribution in [2.75, 3.05) is 39.3 Å². The zero-order valence-corrected chi connectivity index (χ0v) is 18.5. The number of aromatic nitrogens is 2. The van der Waals surface area contributed by atoms with Gasteiger partial charge in [0.05, 0.1) is 29.5 Å². The highest BCUT2D eigenvalue weighted by Gasteiger charge is 2.31. The average Bonchev–Trinajstić information content (AvgIpc) is 3.37. The molecule has 0 bridgehead atoms. The smallest absolute Gasteiger partial charge is 0.377 e. The molecule has 9 heteroatoms. The van der Waals surface area contributed by atoms with Crippen molar-refractivity contribution >= 4 is 5.91 Å². The third kappa shape index (κ3) is 4.99. The molecule has 0 saturated carbocycles. The summed E-state index contributed by atoms with van der Waals surface area (Å²) in [6.07, 6.45) is -1.69. The minimum Gasteiger partial charge on any atom is -0.377 e. The van der Waals surface area contributed by atoms with E-state index in [1.807, 2.05) is 4.90 Å². The van der Waals surface area contributed by atoms with E-state index in [0.717, 1.165) is 56.8 Å². The van der Waals surface area contributed by atoms with Crippen molar-refractivity contribution < 1.29 is 22.7 Å². The maximum atomic E-state index is 13.1. The molecule has 0 N–H and O–H groups in total. The fourth-order valence-corrected chi connectivity index (χ4v) is 4.52. The van der Waals surface area contributed by atoms with Gasteiger partial charge in [0.1, 0.15) is 0 Å². The molecule has 2 saturated heterocycles. The normalized spacial score (nSPS) is 20.2. The van der Waals surface area contributed by atoms with Crippen molar-refractivity contribution in [1.29, 1.82) is 0 Å². The largest absolute Gasteiger partial charge is 0.416 e. The summed E-state index contributed by atoms with van der Waals surface area (Å²) in [6, 6.07) is 5.08. The zero-order chi connectivity index (χ0) is 22.9. The Kier molecular flexibility index (Phi) is 6.57. The molecule has 0 aliphatic carbocycles. The molecule has 32 heavy (non-hydrogen) atoms. The predicted molar refractivity (Wildman–Crippen MR) is 114 cm³/mol. The highest BCUT2D eigenvalue weighted by Crippen LogP contribution is 2.31. The number of carbonyl (C=O) groups is 1. The summed E-state index contributed by atoms with van der Waals surface area (Å²) in [5, 5.41) is 4.43. The van der Waals surface area contributed by atoms with E-state index in [1.165, 1.54) is 10.7 Å². The highest BCUT2D eigenvalue weighted by molar-refractivity contribution is 5.79. The van der Waals surface area contributed by atoms with Crippen LogP contribution in [0.1, 0.15) is 35.4 Å². The van der Waals surface area contributed by atoms with Crippen LogP contribution in [0, 0.1) is 13.8 Å². The second-order valence-corrected chi connectivity index (χ2v) is 8.60. The number of piperazine rings is 1. The summed E-state index contributed by atoms with van der Waals surface area (Å²) in [5.74, 6) is 0.0246. The lowest BCUT2D eigenvalue weighted by molar-refractivity contribution is -0.137. The van der Waals surface area contributed by atoms with Gasteiger partial charge in [-0.15, -0.1) is 0 Å². The Morgan fingerprint density at radius 1 is 1.19 bits per heavy atom. The number of halogens is 3. The van der Waals surface area contributed by atoms with Gasteiger partial charge in [0.25, 0.3) is 0 Å². The summed E-state index contributed by atoms with van der Waals surface area (Å²) in [7, 11) is 0. The van der Waals surface area contributed by atoms with Crippen LogP contribution >= 0.6 is 0 Å². The molecule has 3 heterocycles. The number of carbonyl (C=O) groups excluding carboxylic acids is 1. The van der Waals surface area contributed by atoms with Crippen molar-refractivity contribution in [3.05, 3.63) is 46.8 Å². The Morgan fingerprint density at radius 2 is 1.94 bits per heavy atom. The van der Waals surface area contributed by atoms with Gasteiger partial charge in [0.2, 0.25) is 5.91 Å². The van der Waals surface area contributed by atoms with Gasteiger partial charge >= 0.3 is 6.18 Å². The van der Waals surface area contributed by atoms with Gasteiger partial charge in [0.15, 0.2) is 0 Å². The number of aryl methyl sites for hydroxylation is 1. The van der Waals surface area contributed by atoms with Crippen LogP contribution in [-0.2, 0) is 22.1 Å². The Hall–Kier alpha value is -2.39. The highest BCUT2D eigenvalue weighted by atomic mass is 19.4. The van der Waals surface area contributed by atoms with Gasteiger partial charge in [-0.3, -0.25) is 9.69 Å². The van der Waals surface area contributed by atoms with Gasteiger partial charge in [-0.2, -0.15) is 18.3 Å². The Labute approximate surface area is 185 Å². The monoisotopic (exact) mass is 450 g/mol. The quantitative estimate of drug-likeness (QED) is 0.701. The van der Waals surface area contributed by atoms with Gasteiger partial charge in [0, 0.05) is 50.6 Å². The summed E-state index contributed by atoms with van der Waals surface area (Å²) >= 11 is 0. The van der Waals surface area contributed by atoms with Crippen molar-refractivity contribution in [2.24, 2.45) is 0 Å². The maximum Gasteiger partial charge on any atom is 0.416 e. The first kappa shape index (κ1) is 22.8. The third-order valence-electron chi connectivity index (χ3n) is 6.40. The second kappa shape index (κ2) is 9.23. The molecule has 4 rings (SSSR count). The standard InChI is InChI=1S/C23H29F3N4O2/c1-16-21(17(2)30(27-16)19-6-3-5-18(13-19)23(24,25)26)14-22(31)29-10-8-28(9-11-29)15-20-7-4-12-32-20/h3,5-6,13,20H,4,7-12,14-15H2,1-2H3. The van der Waals surface area contributed by atoms with Crippen LogP contribution in [0.25, 0.3) is 5.69 Å². The van der Waals surface area contributed by atoms with E-state index in [0.29, 0.717) is 36.3 Å². The first-order chi connectivity index (χ1) is 15.2. The number of benzene rings is 1. The van der Waals surface area contributed by atoms with Crippen LogP contribution in [0.5, 0.6) is 0 Å². The van der Waals surface area contributed by atoms with E-state index < -0.39 is 11.7 Å². The maximum absolute atomic E-state index is 13.1. The van der Waals surface area contributed by atoms with Crippen LogP contribution < -0.4 is 0 Å². The average molecular weight is 451 g/mol. The molecule has 1 atom stereocenters. The molecule has 1 aromatic heterocycles. The molecular weight excluding hydrogens is 421 g/mol. The SMILES string of the molecule is Cc1nn(-c2cccc(C(F)(F)F)c2)c(C)c1CC(=O)N1CCN(CC2CCCO2)CC1. The number of amides is 1. The fraction of sp³-hybridized carbons (Fsp3) is 0.565. The van der Waals surface area contributed by atoms with E-state index >= 15 is 0 Å². The van der Waals surface area contributed by atoms with Crippen LogP contribution in [0.3, 0.4) is 0 Å². The zero-order valence-electron chi connectivity index (χ0n) is 18.5. The Bertz CT molecular complexity index is 959. The van der Waals surface area contributed by atoms with E-state index in [9.17, 15) is 18.0 Å². The summed E-state index contributed by atoms with van der Waals surface area (Å²) in [4.78, 5) is 17.2. The molecular formula is C23H29F3N4O2. The molecule has 0 radical (unpaired) electrons. The Balaban J connectivity index is 1.41. The molecule has 0 spiro atoms. The van der Waals surface area contributed by atoms with Gasteiger partial charge in [-0.05, 0) is 44.9 Å². The number of nitrogens with zero attached hydrogens (tertiary/aromatic N) is 4. The summed E-state index contributed by atoms with van der Waals surface area (Å²) < 4.78 is 46.5. The third-order valence-corrected chi connectivity index (χ3v) is 6.40. The van der Waals surface area contributed by atoms with Crippen LogP contribution in [0.4, 0.5) is 13.2 Å². The van der Waals surface area contributed by atoms with Gasteiger partial charge in [-0.1, -0.05) is 6.07 Å². The van der Waals surface area contributed by atoms with Crippen molar-refractivity contribution in [1.82, 2.24) is 19.6 Å². The minimum absolute atomic E-state index is 0.0246. The molecule has 174 valence electrons. The van der Waals surface area contributed by atoms with E-state index in [-0.39, 0.29) is 12.3 Å². The van der Waals surface area contributed by atoms with Crippen LogP contribution in [0.2, 0.25) is 0 Å². The van der Waals surface area contributed by atoms with Crippen molar-refractivity contribution in [3.63, 3.8) is 0 Å². The van der Waals surface area contributed by atoms with Crippen molar-refractivity contribution in [3.8, 4) is 5.69 Å². The number of hydrogen-bond acceptors (Lipinski definition) is 4. The number of alkyl halides is 3. The summed E-state index contributed by atoms with van der Waals surface area (Å²) in [5.41, 5.74) is 1.73. The molecule has 1 amide bonds. The van der Waals surface area contributed by atoms with Gasteiger partial charge in [-0.25, -0.2) is 4.68 Å². The number of hydrogen-bond donors (Lipinski definition) is 0. The lowest BCUT2D eigenvalue weighted by atomic mass is 10.1. The first-order valence-electron chi connectivity index (χ1n) is 11.1. The topological polar surface area (TPSA) is 50.6 Å². The molecule has 2 fully saturated rings. The second-order valence-electron chi connectivity index (χ2n) is 8.60. The molecule has 2 aliphatic heterocycles. The number of rotatable bonds is 5. The van der Waals surface area contributed by atoms with Crippen LogP contribution in [0.15, 0.2) is 24.3 Å². The minimum atomic E-state index is -4.42. The number of ether oxygens (including phenoxy) is 1. The van der Waals surface area contributed by atoms with Crippen molar-refractivity contribution in [2.45, 2.75) is 45.4 Å². The molecule has 1 aromatic carbocycles. The lowest BCUT2D eigenvalue weighted by Crippen LogP contribution is -2.50. The Morgan fingerprint density at radius 3 is 2.59 bits per heavy atom. The van der Waals surface area contributed by atoms with Gasteiger partial charge < -0.3 is 9.64 Å². The summed E-state index contributed by atoms with van der Waals surface area (Å²) in [6.45, 7) is 8.35. The molecule has 2 aliphatic rings. The predicted octanol–water partition coefficient (Wildman–Crippen LogP) is 3.37. The molecule has 2 aromatic rings. The van der Waals surface area contributed by atoms with E-state index in [2.05, 4.69) is 10.00 Å². The molecule has 1 unspecified atom stereocenters.